The Morgan fingerprint density at radius 3 is 2.82 bits per heavy atom. The van der Waals surface area contributed by atoms with Crippen molar-refractivity contribution in [2.75, 3.05) is 11.9 Å². The molecule has 0 radical (unpaired) electrons. The van der Waals surface area contributed by atoms with Gasteiger partial charge in [-0.25, -0.2) is 0 Å². The highest BCUT2D eigenvalue weighted by Crippen LogP contribution is 2.29. The topological polar surface area (TPSA) is 69.8 Å². The van der Waals surface area contributed by atoms with E-state index in [1.54, 1.807) is 0 Å². The first-order valence-corrected chi connectivity index (χ1v) is 7.64. The lowest BCUT2D eigenvalue weighted by Crippen LogP contribution is -2.26. The van der Waals surface area contributed by atoms with Crippen LogP contribution in [0.3, 0.4) is 0 Å². The molecule has 1 aromatic carbocycles. The fraction of sp³-hybridized carbons (Fsp3) is 0.412. The number of hydrogen-bond acceptors (Lipinski definition) is 3. The molecule has 2 aromatic rings. The normalized spacial score (nSPS) is 14.5. The lowest BCUT2D eigenvalue weighted by molar-refractivity contribution is 0.102. The Morgan fingerprint density at radius 1 is 1.27 bits per heavy atom. The number of aromatic amines is 1. The van der Waals surface area contributed by atoms with E-state index in [4.69, 9.17) is 0 Å². The van der Waals surface area contributed by atoms with E-state index in [0.29, 0.717) is 12.2 Å². The van der Waals surface area contributed by atoms with Gasteiger partial charge in [0.25, 0.3) is 5.91 Å². The Morgan fingerprint density at radius 2 is 2.05 bits per heavy atom. The molecule has 0 fully saturated rings. The molecule has 22 heavy (non-hydrogen) atoms. The molecule has 1 amide bonds. The molecule has 2 heterocycles. The lowest BCUT2D eigenvalue weighted by atomic mass is 9.86. The number of anilines is 1. The van der Waals surface area contributed by atoms with Crippen LogP contribution in [0.15, 0.2) is 24.3 Å². The van der Waals surface area contributed by atoms with Crippen LogP contribution in [-0.4, -0.2) is 22.6 Å². The van der Waals surface area contributed by atoms with Gasteiger partial charge in [0.1, 0.15) is 0 Å². The van der Waals surface area contributed by atoms with Gasteiger partial charge < -0.3 is 10.6 Å². The van der Waals surface area contributed by atoms with Gasteiger partial charge in [0, 0.05) is 36.5 Å². The zero-order valence-electron chi connectivity index (χ0n) is 13.3. The SMILES string of the molecule is CC(C)(C)c1ccccc1NC(=O)c1n[nH]c2c1CNCC2. The molecule has 3 rings (SSSR count). The molecule has 5 nitrogen and oxygen atoms in total. The summed E-state index contributed by atoms with van der Waals surface area (Å²) in [7, 11) is 0. The first kappa shape index (κ1) is 14.8. The average molecular weight is 298 g/mol. The number of aromatic nitrogens is 2. The van der Waals surface area contributed by atoms with Gasteiger partial charge >= 0.3 is 0 Å². The molecule has 0 saturated heterocycles. The summed E-state index contributed by atoms with van der Waals surface area (Å²) in [6.45, 7) is 8.02. The highest BCUT2D eigenvalue weighted by atomic mass is 16.1. The maximum absolute atomic E-state index is 12.6. The minimum Gasteiger partial charge on any atom is -0.320 e. The van der Waals surface area contributed by atoms with E-state index in [1.807, 2.05) is 18.2 Å². The van der Waals surface area contributed by atoms with Gasteiger partial charge in [-0.05, 0) is 17.0 Å². The molecule has 1 aliphatic heterocycles. The predicted molar refractivity (Wildman–Crippen MR) is 87.1 cm³/mol. The second kappa shape index (κ2) is 5.57. The molecule has 1 aliphatic rings. The van der Waals surface area contributed by atoms with Gasteiger partial charge in [0.15, 0.2) is 5.69 Å². The predicted octanol–water partition coefficient (Wildman–Crippen LogP) is 2.61. The van der Waals surface area contributed by atoms with Crippen LogP contribution in [0.4, 0.5) is 5.69 Å². The third-order valence-electron chi connectivity index (χ3n) is 4.00. The molecule has 0 aliphatic carbocycles. The number of para-hydroxylation sites is 1. The third-order valence-corrected chi connectivity index (χ3v) is 4.00. The summed E-state index contributed by atoms with van der Waals surface area (Å²) in [5.74, 6) is -0.155. The highest BCUT2D eigenvalue weighted by Gasteiger charge is 2.23. The molecule has 116 valence electrons. The molecule has 0 bridgehead atoms. The summed E-state index contributed by atoms with van der Waals surface area (Å²) in [4.78, 5) is 12.6. The summed E-state index contributed by atoms with van der Waals surface area (Å²) in [5.41, 5.74) is 4.47. The number of amides is 1. The average Bonchev–Trinajstić information content (AvgIpc) is 2.90. The number of nitrogens with zero attached hydrogens (tertiary/aromatic N) is 1. The van der Waals surface area contributed by atoms with Gasteiger partial charge in [0.2, 0.25) is 0 Å². The fourth-order valence-corrected chi connectivity index (χ4v) is 2.84. The molecule has 5 heteroatoms. The second-order valence-electron chi connectivity index (χ2n) is 6.71. The van der Waals surface area contributed by atoms with Crippen molar-refractivity contribution in [2.24, 2.45) is 0 Å². The minimum atomic E-state index is -0.155. The number of carbonyl (C=O) groups is 1. The molecular weight excluding hydrogens is 276 g/mol. The Hall–Kier alpha value is -2.14. The van der Waals surface area contributed by atoms with Crippen molar-refractivity contribution >= 4 is 11.6 Å². The second-order valence-corrected chi connectivity index (χ2v) is 6.71. The molecule has 1 aromatic heterocycles. The van der Waals surface area contributed by atoms with Crippen molar-refractivity contribution in [2.45, 2.75) is 39.2 Å². The van der Waals surface area contributed by atoms with Gasteiger partial charge in [-0.2, -0.15) is 5.10 Å². The van der Waals surface area contributed by atoms with Crippen molar-refractivity contribution in [3.8, 4) is 0 Å². The quantitative estimate of drug-likeness (QED) is 0.798. The van der Waals surface area contributed by atoms with Gasteiger partial charge in [-0.3, -0.25) is 9.89 Å². The summed E-state index contributed by atoms with van der Waals surface area (Å²) >= 11 is 0. The molecule has 3 N–H and O–H groups in total. The van der Waals surface area contributed by atoms with Crippen LogP contribution in [0.5, 0.6) is 0 Å². The molecule has 0 atom stereocenters. The molecule has 0 unspecified atom stereocenters. The Kier molecular flexibility index (Phi) is 3.74. The van der Waals surface area contributed by atoms with Crippen LogP contribution >= 0.6 is 0 Å². The summed E-state index contributed by atoms with van der Waals surface area (Å²) in [6, 6.07) is 7.93. The van der Waals surface area contributed by atoms with Crippen LogP contribution in [0, 0.1) is 0 Å². The Balaban J connectivity index is 1.88. The van der Waals surface area contributed by atoms with Crippen molar-refractivity contribution in [3.63, 3.8) is 0 Å². The molecular formula is C17H22N4O. The maximum atomic E-state index is 12.6. The number of benzene rings is 1. The van der Waals surface area contributed by atoms with E-state index in [-0.39, 0.29) is 11.3 Å². The molecule has 0 spiro atoms. The van der Waals surface area contributed by atoms with Gasteiger partial charge in [0.05, 0.1) is 0 Å². The van der Waals surface area contributed by atoms with E-state index in [1.165, 1.54) is 0 Å². The summed E-state index contributed by atoms with van der Waals surface area (Å²) < 4.78 is 0. The number of hydrogen-bond donors (Lipinski definition) is 3. The smallest absolute Gasteiger partial charge is 0.276 e. The highest BCUT2D eigenvalue weighted by molar-refractivity contribution is 6.04. The lowest BCUT2D eigenvalue weighted by Gasteiger charge is -2.23. The van der Waals surface area contributed by atoms with E-state index >= 15 is 0 Å². The van der Waals surface area contributed by atoms with Gasteiger partial charge in [-0.15, -0.1) is 0 Å². The first-order chi connectivity index (χ1) is 10.5. The van der Waals surface area contributed by atoms with Crippen LogP contribution < -0.4 is 10.6 Å². The number of fused-ring (bicyclic) bond motifs is 1. The fourth-order valence-electron chi connectivity index (χ4n) is 2.84. The largest absolute Gasteiger partial charge is 0.320 e. The van der Waals surface area contributed by atoms with Crippen molar-refractivity contribution in [1.29, 1.82) is 0 Å². The van der Waals surface area contributed by atoms with Crippen LogP contribution in [0.2, 0.25) is 0 Å². The van der Waals surface area contributed by atoms with Crippen LogP contribution in [0.25, 0.3) is 0 Å². The van der Waals surface area contributed by atoms with Crippen LogP contribution in [-0.2, 0) is 18.4 Å². The van der Waals surface area contributed by atoms with Crippen LogP contribution in [0.1, 0.15) is 48.1 Å². The standard InChI is InChI=1S/C17H22N4O/c1-17(2,3)12-6-4-5-7-14(12)19-16(22)15-11-10-18-9-8-13(11)20-21-15/h4-7,18H,8-10H2,1-3H3,(H,19,22)(H,20,21). The first-order valence-electron chi connectivity index (χ1n) is 7.64. The van der Waals surface area contributed by atoms with Gasteiger partial charge in [-0.1, -0.05) is 39.0 Å². The number of H-pyrrole nitrogens is 1. The van der Waals surface area contributed by atoms with E-state index in [2.05, 4.69) is 47.7 Å². The Bertz CT molecular complexity index is 697. The maximum Gasteiger partial charge on any atom is 0.276 e. The third kappa shape index (κ3) is 2.76. The zero-order valence-corrected chi connectivity index (χ0v) is 13.3. The van der Waals surface area contributed by atoms with Crippen molar-refractivity contribution in [1.82, 2.24) is 15.5 Å². The van der Waals surface area contributed by atoms with Crippen molar-refractivity contribution < 1.29 is 4.79 Å². The molecule has 0 saturated carbocycles. The van der Waals surface area contributed by atoms with E-state index in [0.717, 1.165) is 35.5 Å². The van der Waals surface area contributed by atoms with E-state index in [9.17, 15) is 4.79 Å². The minimum absolute atomic E-state index is 0.0313. The number of carbonyl (C=O) groups excluding carboxylic acids is 1. The number of nitrogens with one attached hydrogen (secondary N) is 3. The van der Waals surface area contributed by atoms with Crippen molar-refractivity contribution in [3.05, 3.63) is 46.8 Å². The number of rotatable bonds is 2. The zero-order chi connectivity index (χ0) is 15.7. The summed E-state index contributed by atoms with van der Waals surface area (Å²) in [5, 5.41) is 13.5. The summed E-state index contributed by atoms with van der Waals surface area (Å²) in [6.07, 6.45) is 0.883. The Labute approximate surface area is 130 Å². The monoisotopic (exact) mass is 298 g/mol. The van der Waals surface area contributed by atoms with E-state index < -0.39 is 0 Å².